The third-order valence-corrected chi connectivity index (χ3v) is 6.07. The Morgan fingerprint density at radius 3 is 2.35 bits per heavy atom. The van der Waals surface area contributed by atoms with Gasteiger partial charge in [-0.3, -0.25) is 9.36 Å². The number of rotatable bonds is 8. The average molecular weight is 545 g/mol. The molecule has 40 heavy (non-hydrogen) atoms. The number of carboxylic acid groups (broad SMARTS) is 1. The van der Waals surface area contributed by atoms with Crippen LogP contribution in [0.15, 0.2) is 65.7 Å². The molecule has 0 bridgehead atoms. The molecule has 2 heterocycles. The van der Waals surface area contributed by atoms with Crippen molar-refractivity contribution in [1.29, 1.82) is 0 Å². The van der Waals surface area contributed by atoms with E-state index in [0.29, 0.717) is 40.3 Å². The van der Waals surface area contributed by atoms with E-state index in [-0.39, 0.29) is 17.7 Å². The van der Waals surface area contributed by atoms with Gasteiger partial charge >= 0.3 is 12.1 Å². The fraction of sp³-hybridized carbons (Fsp3) is 0.310. The molecule has 11 heteroatoms. The smallest absolute Gasteiger partial charge is 0.408 e. The van der Waals surface area contributed by atoms with Gasteiger partial charge in [0.2, 0.25) is 5.95 Å². The summed E-state index contributed by atoms with van der Waals surface area (Å²) >= 11 is 0. The zero-order chi connectivity index (χ0) is 29.0. The van der Waals surface area contributed by atoms with Crippen molar-refractivity contribution in [2.75, 3.05) is 11.9 Å². The molecule has 4 rings (SSSR count). The summed E-state index contributed by atoms with van der Waals surface area (Å²) in [6.07, 6.45) is 2.35. The van der Waals surface area contributed by atoms with E-state index in [9.17, 15) is 14.4 Å². The van der Waals surface area contributed by atoms with Crippen LogP contribution >= 0.6 is 0 Å². The molecule has 11 nitrogen and oxygen atoms in total. The summed E-state index contributed by atoms with van der Waals surface area (Å²) in [5, 5.41) is 12.4. The Bertz CT molecular complexity index is 1580. The van der Waals surface area contributed by atoms with E-state index in [0.717, 1.165) is 0 Å². The predicted molar refractivity (Wildman–Crippen MR) is 151 cm³/mol. The van der Waals surface area contributed by atoms with E-state index in [1.807, 2.05) is 49.4 Å². The van der Waals surface area contributed by atoms with Gasteiger partial charge in [-0.25, -0.2) is 24.5 Å². The molecule has 1 amide bonds. The number of aromatic carboxylic acids is 1. The van der Waals surface area contributed by atoms with Crippen molar-refractivity contribution in [1.82, 2.24) is 24.8 Å². The second-order valence-electron chi connectivity index (χ2n) is 10.3. The van der Waals surface area contributed by atoms with Crippen LogP contribution in [0.4, 0.5) is 10.7 Å². The second-order valence-corrected chi connectivity index (χ2v) is 10.3. The number of hydrogen-bond donors (Lipinski definition) is 2. The van der Waals surface area contributed by atoms with Crippen LogP contribution in [-0.4, -0.2) is 49.3 Å². The highest BCUT2D eigenvalue weighted by atomic mass is 16.6. The summed E-state index contributed by atoms with van der Waals surface area (Å²) in [7, 11) is 1.75. The average Bonchev–Trinajstić information content (AvgIpc) is 2.91. The molecule has 0 saturated heterocycles. The minimum absolute atomic E-state index is 0.0183. The second kappa shape index (κ2) is 11.5. The highest BCUT2D eigenvalue weighted by Gasteiger charge is 2.25. The van der Waals surface area contributed by atoms with Gasteiger partial charge in [0, 0.05) is 26.0 Å². The number of nitrogens with zero attached hydrogens (tertiary/aromatic N) is 5. The third-order valence-electron chi connectivity index (χ3n) is 6.07. The number of nitrogens with one attached hydrogen (secondary N) is 1. The molecule has 0 aliphatic carbocycles. The first-order valence-electron chi connectivity index (χ1n) is 12.8. The van der Waals surface area contributed by atoms with Gasteiger partial charge in [0.25, 0.3) is 5.56 Å². The lowest BCUT2D eigenvalue weighted by atomic mass is 10.1. The number of fused-ring (bicyclic) bond motifs is 1. The SMILES string of the molecule is CC[C@H](NC(=O)OC(C)(C)C)c1nc2cccc(CN(C)c3ncc(C(=O)O)cn3)c2c(=O)n1-c1ccccc1. The summed E-state index contributed by atoms with van der Waals surface area (Å²) in [5.74, 6) is -0.420. The number of hydrogen-bond acceptors (Lipinski definition) is 8. The number of ether oxygens (including phenoxy) is 1. The topological polar surface area (TPSA) is 140 Å². The largest absolute Gasteiger partial charge is 0.478 e. The number of para-hydroxylation sites is 1. The number of aromatic nitrogens is 4. The number of carbonyl (C=O) groups excluding carboxylic acids is 1. The molecular weight excluding hydrogens is 512 g/mol. The molecule has 208 valence electrons. The molecule has 0 radical (unpaired) electrons. The number of carboxylic acids is 1. The highest BCUT2D eigenvalue weighted by molar-refractivity contribution is 5.87. The molecule has 2 N–H and O–H groups in total. The summed E-state index contributed by atoms with van der Waals surface area (Å²) in [4.78, 5) is 52.9. The molecule has 0 aliphatic heterocycles. The van der Waals surface area contributed by atoms with Crippen molar-refractivity contribution in [3.8, 4) is 5.69 Å². The Morgan fingerprint density at radius 2 is 1.75 bits per heavy atom. The zero-order valence-corrected chi connectivity index (χ0v) is 23.1. The maximum absolute atomic E-state index is 14.2. The van der Waals surface area contributed by atoms with Crippen LogP contribution in [0.1, 0.15) is 61.9 Å². The molecular formula is C29H32N6O5. The number of carbonyl (C=O) groups is 2. The van der Waals surface area contributed by atoms with E-state index in [4.69, 9.17) is 14.8 Å². The zero-order valence-electron chi connectivity index (χ0n) is 23.1. The van der Waals surface area contributed by atoms with Crippen molar-refractivity contribution in [3.05, 3.63) is 88.2 Å². The van der Waals surface area contributed by atoms with E-state index >= 15 is 0 Å². The number of amides is 1. The van der Waals surface area contributed by atoms with Crippen molar-refractivity contribution >= 4 is 28.9 Å². The van der Waals surface area contributed by atoms with Gasteiger partial charge < -0.3 is 20.1 Å². The van der Waals surface area contributed by atoms with Crippen LogP contribution in [0.25, 0.3) is 16.6 Å². The van der Waals surface area contributed by atoms with Crippen LogP contribution in [0, 0.1) is 0 Å². The lowest BCUT2D eigenvalue weighted by Gasteiger charge is -2.25. The minimum atomic E-state index is -1.11. The van der Waals surface area contributed by atoms with Gasteiger partial charge in [-0.15, -0.1) is 0 Å². The van der Waals surface area contributed by atoms with Crippen LogP contribution in [0.2, 0.25) is 0 Å². The molecule has 1 atom stereocenters. The fourth-order valence-electron chi connectivity index (χ4n) is 4.26. The molecule has 2 aromatic heterocycles. The highest BCUT2D eigenvalue weighted by Crippen LogP contribution is 2.24. The van der Waals surface area contributed by atoms with Crippen LogP contribution in [0.3, 0.4) is 0 Å². The summed E-state index contributed by atoms with van der Waals surface area (Å²) in [6, 6.07) is 13.9. The quantitative estimate of drug-likeness (QED) is 0.328. The minimum Gasteiger partial charge on any atom is -0.478 e. The van der Waals surface area contributed by atoms with Crippen LogP contribution in [0.5, 0.6) is 0 Å². The Morgan fingerprint density at radius 1 is 1.07 bits per heavy atom. The van der Waals surface area contributed by atoms with Crippen molar-refractivity contribution in [3.63, 3.8) is 0 Å². The molecule has 0 saturated carbocycles. The van der Waals surface area contributed by atoms with E-state index < -0.39 is 23.7 Å². The van der Waals surface area contributed by atoms with Gasteiger partial charge in [-0.1, -0.05) is 37.3 Å². The van der Waals surface area contributed by atoms with E-state index in [1.165, 1.54) is 17.0 Å². The molecule has 0 unspecified atom stereocenters. The monoisotopic (exact) mass is 544 g/mol. The number of anilines is 1. The Kier molecular flexibility index (Phi) is 8.13. The van der Waals surface area contributed by atoms with Crippen molar-refractivity contribution in [2.24, 2.45) is 0 Å². The lowest BCUT2D eigenvalue weighted by molar-refractivity contribution is 0.0498. The van der Waals surface area contributed by atoms with Gasteiger partial charge in [-0.05, 0) is 51.0 Å². The third kappa shape index (κ3) is 6.25. The van der Waals surface area contributed by atoms with Crippen molar-refractivity contribution in [2.45, 2.75) is 52.3 Å². The Balaban J connectivity index is 1.81. The normalized spacial score (nSPS) is 12.1. The molecule has 4 aromatic rings. The summed E-state index contributed by atoms with van der Waals surface area (Å²) in [5.41, 5.74) is 0.781. The number of benzene rings is 2. The molecule has 0 aliphatic rings. The molecule has 0 spiro atoms. The maximum atomic E-state index is 14.2. The van der Waals surface area contributed by atoms with Gasteiger partial charge in [0.05, 0.1) is 28.2 Å². The first kappa shape index (κ1) is 28.2. The summed E-state index contributed by atoms with van der Waals surface area (Å²) in [6.45, 7) is 7.51. The van der Waals surface area contributed by atoms with Gasteiger partial charge in [0.1, 0.15) is 11.4 Å². The number of alkyl carbamates (subject to hydrolysis) is 1. The molecule has 2 aromatic carbocycles. The fourth-order valence-corrected chi connectivity index (χ4v) is 4.26. The Hall–Kier alpha value is -4.80. The standard InChI is InChI=1S/C29H32N6O5/c1-6-21(33-28(39)40-29(2,3)4)24-32-22-14-10-11-18(17-34(5)27-30-15-19(16-31-27)26(37)38)23(22)25(36)35(24)20-12-8-7-9-13-20/h7-16,21H,6,17H2,1-5H3,(H,33,39)(H,37,38)/t21-/m0/s1. The van der Waals surface area contributed by atoms with E-state index in [2.05, 4.69) is 15.3 Å². The van der Waals surface area contributed by atoms with E-state index in [1.54, 1.807) is 38.8 Å². The van der Waals surface area contributed by atoms with Crippen molar-refractivity contribution < 1.29 is 19.4 Å². The Labute approximate surface area is 231 Å². The first-order valence-corrected chi connectivity index (χ1v) is 12.8. The lowest BCUT2D eigenvalue weighted by Crippen LogP contribution is -2.38. The van der Waals surface area contributed by atoms with Gasteiger partial charge in [-0.2, -0.15) is 0 Å². The summed E-state index contributed by atoms with van der Waals surface area (Å²) < 4.78 is 6.99. The predicted octanol–water partition coefficient (Wildman–Crippen LogP) is 4.49. The molecule has 0 fully saturated rings. The first-order chi connectivity index (χ1) is 19.0. The van der Waals surface area contributed by atoms with Gasteiger partial charge in [0.15, 0.2) is 0 Å². The van der Waals surface area contributed by atoms with Crippen LogP contribution in [-0.2, 0) is 11.3 Å². The van der Waals surface area contributed by atoms with Crippen LogP contribution < -0.4 is 15.8 Å². The maximum Gasteiger partial charge on any atom is 0.408 e.